The van der Waals surface area contributed by atoms with E-state index in [1.807, 2.05) is 0 Å². The predicted molar refractivity (Wildman–Crippen MR) is 77.5 cm³/mol. The molecule has 1 unspecified atom stereocenters. The number of nitriles is 1. The van der Waals surface area contributed by atoms with Gasteiger partial charge in [-0.3, -0.25) is 0 Å². The van der Waals surface area contributed by atoms with E-state index >= 15 is 0 Å². The molecular weight excluding hydrogens is 234 g/mol. The largest absolute Gasteiger partial charge is 0.388 e. The van der Waals surface area contributed by atoms with Gasteiger partial charge in [-0.15, -0.1) is 0 Å². The molecule has 2 rings (SSSR count). The van der Waals surface area contributed by atoms with Crippen molar-refractivity contribution in [3.8, 4) is 6.07 Å². The summed E-state index contributed by atoms with van der Waals surface area (Å²) in [7, 11) is 0. The molecule has 19 heavy (non-hydrogen) atoms. The molecule has 0 amide bonds. The third kappa shape index (κ3) is 2.21. The van der Waals surface area contributed by atoms with Gasteiger partial charge in [-0.25, -0.2) is 0 Å². The maximum absolute atomic E-state index is 11.4. The van der Waals surface area contributed by atoms with E-state index in [-0.39, 0.29) is 5.41 Å². The SMILES string of the molecule is CCC1CCC(C#N)(C2(O)CCCCC2(C)C)CC1. The Morgan fingerprint density at radius 1 is 1.11 bits per heavy atom. The van der Waals surface area contributed by atoms with Crippen LogP contribution in [0.25, 0.3) is 0 Å². The van der Waals surface area contributed by atoms with Gasteiger partial charge in [0, 0.05) is 0 Å². The van der Waals surface area contributed by atoms with Crippen LogP contribution in [0.4, 0.5) is 0 Å². The molecule has 108 valence electrons. The van der Waals surface area contributed by atoms with Gasteiger partial charge in [-0.05, 0) is 49.9 Å². The first-order valence-corrected chi connectivity index (χ1v) is 8.04. The van der Waals surface area contributed by atoms with Crippen molar-refractivity contribution in [1.29, 1.82) is 5.26 Å². The molecule has 2 saturated carbocycles. The van der Waals surface area contributed by atoms with Gasteiger partial charge in [0.2, 0.25) is 0 Å². The number of hydrogen-bond acceptors (Lipinski definition) is 2. The maximum atomic E-state index is 11.4. The zero-order chi connectivity index (χ0) is 14.1. The summed E-state index contributed by atoms with van der Waals surface area (Å²) in [5.74, 6) is 0.761. The van der Waals surface area contributed by atoms with Gasteiger partial charge in [0.15, 0.2) is 0 Å². The van der Waals surface area contributed by atoms with E-state index < -0.39 is 11.0 Å². The fourth-order valence-electron chi connectivity index (χ4n) is 4.58. The minimum absolute atomic E-state index is 0.125. The number of hydrogen-bond donors (Lipinski definition) is 1. The molecule has 1 N–H and O–H groups in total. The van der Waals surface area contributed by atoms with E-state index in [4.69, 9.17) is 0 Å². The first-order valence-electron chi connectivity index (χ1n) is 8.04. The molecule has 2 aliphatic rings. The van der Waals surface area contributed by atoms with Gasteiger partial charge in [0.1, 0.15) is 0 Å². The van der Waals surface area contributed by atoms with E-state index in [0.29, 0.717) is 0 Å². The van der Waals surface area contributed by atoms with Gasteiger partial charge >= 0.3 is 0 Å². The molecule has 2 heteroatoms. The summed E-state index contributed by atoms with van der Waals surface area (Å²) in [6, 6.07) is 2.58. The van der Waals surface area contributed by atoms with Crippen molar-refractivity contribution in [2.24, 2.45) is 16.7 Å². The van der Waals surface area contributed by atoms with Crippen LogP contribution in [0.1, 0.15) is 78.6 Å². The minimum Gasteiger partial charge on any atom is -0.388 e. The first kappa shape index (κ1) is 14.9. The first-order chi connectivity index (χ1) is 8.91. The Balaban J connectivity index is 2.28. The lowest BCUT2D eigenvalue weighted by molar-refractivity contribution is -0.176. The van der Waals surface area contributed by atoms with Crippen LogP contribution in [0.2, 0.25) is 0 Å². The van der Waals surface area contributed by atoms with Crippen molar-refractivity contribution in [3.63, 3.8) is 0 Å². The van der Waals surface area contributed by atoms with Gasteiger partial charge in [0.05, 0.1) is 17.1 Å². The predicted octanol–water partition coefficient (Wildman–Crippen LogP) is 4.43. The highest BCUT2D eigenvalue weighted by molar-refractivity contribution is 5.18. The van der Waals surface area contributed by atoms with Crippen molar-refractivity contribution in [2.45, 2.75) is 84.2 Å². The molecule has 1 atom stereocenters. The Labute approximate surface area is 118 Å². The van der Waals surface area contributed by atoms with Crippen LogP contribution in [-0.2, 0) is 0 Å². The Kier molecular flexibility index (Phi) is 3.98. The van der Waals surface area contributed by atoms with Crippen LogP contribution in [-0.4, -0.2) is 10.7 Å². The summed E-state index contributed by atoms with van der Waals surface area (Å²) in [6.45, 7) is 6.57. The Morgan fingerprint density at radius 2 is 1.68 bits per heavy atom. The summed E-state index contributed by atoms with van der Waals surface area (Å²) < 4.78 is 0. The monoisotopic (exact) mass is 263 g/mol. The molecule has 0 aromatic heterocycles. The molecule has 0 bridgehead atoms. The van der Waals surface area contributed by atoms with Crippen molar-refractivity contribution in [3.05, 3.63) is 0 Å². The lowest BCUT2D eigenvalue weighted by atomic mass is 9.50. The lowest BCUT2D eigenvalue weighted by Gasteiger charge is -2.56. The molecule has 2 nitrogen and oxygen atoms in total. The average Bonchev–Trinajstić information content (AvgIpc) is 2.42. The van der Waals surface area contributed by atoms with E-state index in [1.165, 1.54) is 12.8 Å². The molecule has 0 aromatic rings. The van der Waals surface area contributed by atoms with Gasteiger partial charge < -0.3 is 5.11 Å². The van der Waals surface area contributed by atoms with Crippen molar-refractivity contribution in [2.75, 3.05) is 0 Å². The number of nitrogens with zero attached hydrogens (tertiary/aromatic N) is 1. The zero-order valence-corrected chi connectivity index (χ0v) is 12.8. The molecule has 0 aliphatic heterocycles. The van der Waals surface area contributed by atoms with Crippen molar-refractivity contribution < 1.29 is 5.11 Å². The Bertz CT molecular complexity index is 360. The molecule has 2 fully saturated rings. The van der Waals surface area contributed by atoms with Crippen LogP contribution >= 0.6 is 0 Å². The second kappa shape index (κ2) is 5.09. The summed E-state index contributed by atoms with van der Waals surface area (Å²) in [6.07, 6.45) is 9.33. The van der Waals surface area contributed by atoms with Crippen LogP contribution < -0.4 is 0 Å². The van der Waals surface area contributed by atoms with Crippen molar-refractivity contribution in [1.82, 2.24) is 0 Å². The molecule has 0 aromatic carbocycles. The maximum Gasteiger partial charge on any atom is 0.0883 e. The van der Waals surface area contributed by atoms with Crippen LogP contribution in [0, 0.1) is 28.1 Å². The second-order valence-corrected chi connectivity index (χ2v) is 7.50. The highest BCUT2D eigenvalue weighted by Gasteiger charge is 2.59. The van der Waals surface area contributed by atoms with E-state index in [9.17, 15) is 10.4 Å². The van der Waals surface area contributed by atoms with Crippen LogP contribution in [0.5, 0.6) is 0 Å². The zero-order valence-electron chi connectivity index (χ0n) is 12.8. The minimum atomic E-state index is -0.786. The third-order valence-electron chi connectivity index (χ3n) is 6.25. The van der Waals surface area contributed by atoms with E-state index in [1.54, 1.807) is 0 Å². The molecule has 0 radical (unpaired) electrons. The quantitative estimate of drug-likeness (QED) is 0.801. The average molecular weight is 263 g/mol. The van der Waals surface area contributed by atoms with E-state index in [2.05, 4.69) is 26.8 Å². The lowest BCUT2D eigenvalue weighted by Crippen LogP contribution is -2.59. The fourth-order valence-corrected chi connectivity index (χ4v) is 4.58. The molecule has 0 saturated heterocycles. The fraction of sp³-hybridized carbons (Fsp3) is 0.941. The summed E-state index contributed by atoms with van der Waals surface area (Å²) in [5.41, 5.74) is -1.41. The van der Waals surface area contributed by atoms with Crippen LogP contribution in [0.15, 0.2) is 0 Å². The highest BCUT2D eigenvalue weighted by Crippen LogP contribution is 2.58. The number of rotatable bonds is 2. The van der Waals surface area contributed by atoms with Crippen LogP contribution in [0.3, 0.4) is 0 Å². The molecule has 0 heterocycles. The van der Waals surface area contributed by atoms with E-state index in [0.717, 1.165) is 50.9 Å². The Morgan fingerprint density at radius 3 is 2.16 bits per heavy atom. The third-order valence-corrected chi connectivity index (χ3v) is 6.25. The number of aliphatic hydroxyl groups is 1. The van der Waals surface area contributed by atoms with Crippen molar-refractivity contribution >= 4 is 0 Å². The Hall–Kier alpha value is -0.550. The molecule has 0 spiro atoms. The van der Waals surface area contributed by atoms with Gasteiger partial charge in [-0.1, -0.05) is 40.0 Å². The molecular formula is C17H29NO. The summed E-state index contributed by atoms with van der Waals surface area (Å²) in [4.78, 5) is 0. The van der Waals surface area contributed by atoms with Gasteiger partial charge in [-0.2, -0.15) is 5.26 Å². The van der Waals surface area contributed by atoms with Gasteiger partial charge in [0.25, 0.3) is 0 Å². The normalized spacial score (nSPS) is 42.6. The highest BCUT2D eigenvalue weighted by atomic mass is 16.3. The second-order valence-electron chi connectivity index (χ2n) is 7.50. The topological polar surface area (TPSA) is 44.0 Å². The molecule has 2 aliphatic carbocycles. The smallest absolute Gasteiger partial charge is 0.0883 e. The summed E-state index contributed by atoms with van der Waals surface area (Å²) >= 11 is 0. The summed E-state index contributed by atoms with van der Waals surface area (Å²) in [5, 5.41) is 21.3. The standard InChI is InChI=1S/C17H29NO/c1-4-14-7-11-16(13-18,12-8-14)17(19)10-6-5-9-15(17,2)3/h14,19H,4-12H2,1-3H3.